The summed E-state index contributed by atoms with van der Waals surface area (Å²) in [7, 11) is 3.14. The molecule has 0 spiro atoms. The largest absolute Gasteiger partial charge is 0.497 e. The predicted octanol–water partition coefficient (Wildman–Crippen LogP) is 2.63. The molecule has 1 saturated heterocycles. The monoisotopic (exact) mass is 370 g/mol. The molecule has 0 aliphatic carbocycles. The molecule has 1 aliphatic heterocycles. The first-order chi connectivity index (χ1) is 13.0. The number of benzene rings is 2. The number of nitrogens with one attached hydrogen (secondary N) is 1. The summed E-state index contributed by atoms with van der Waals surface area (Å²) >= 11 is 0. The molecule has 27 heavy (non-hydrogen) atoms. The Bertz CT molecular complexity index is 759. The lowest BCUT2D eigenvalue weighted by molar-refractivity contribution is -0.116. The minimum absolute atomic E-state index is 0.0829. The third-order valence-electron chi connectivity index (χ3n) is 4.93. The van der Waals surface area contributed by atoms with Gasteiger partial charge >= 0.3 is 0 Å². The van der Waals surface area contributed by atoms with Crippen LogP contribution in [0.1, 0.15) is 18.4 Å². The lowest BCUT2D eigenvalue weighted by atomic mass is 9.93. The molecule has 1 fully saturated rings. The summed E-state index contributed by atoms with van der Waals surface area (Å²) in [6.07, 6.45) is 1.02. The van der Waals surface area contributed by atoms with E-state index in [0.29, 0.717) is 43.1 Å². The average Bonchev–Trinajstić information content (AvgIpc) is 3.09. The molecule has 3 rings (SSSR count). The maximum absolute atomic E-state index is 12.3. The first kappa shape index (κ1) is 19.2. The second-order valence-electron chi connectivity index (χ2n) is 6.82. The maximum atomic E-state index is 12.3. The van der Waals surface area contributed by atoms with Crippen LogP contribution in [-0.2, 0) is 10.4 Å². The zero-order chi connectivity index (χ0) is 19.3. The van der Waals surface area contributed by atoms with Crippen LogP contribution in [0, 0.1) is 0 Å². The highest BCUT2D eigenvalue weighted by Gasteiger charge is 2.37. The van der Waals surface area contributed by atoms with Crippen LogP contribution in [0.3, 0.4) is 0 Å². The Hall–Kier alpha value is -2.57. The zero-order valence-corrected chi connectivity index (χ0v) is 15.8. The van der Waals surface area contributed by atoms with Crippen molar-refractivity contribution in [3.8, 4) is 11.5 Å². The Labute approximate surface area is 159 Å². The van der Waals surface area contributed by atoms with Crippen molar-refractivity contribution in [1.29, 1.82) is 0 Å². The molecule has 2 aromatic carbocycles. The van der Waals surface area contributed by atoms with E-state index in [1.54, 1.807) is 32.4 Å². The fourth-order valence-electron chi connectivity index (χ4n) is 3.41. The van der Waals surface area contributed by atoms with Crippen LogP contribution >= 0.6 is 0 Å². The van der Waals surface area contributed by atoms with Gasteiger partial charge in [0, 0.05) is 49.9 Å². The Morgan fingerprint density at radius 2 is 1.81 bits per heavy atom. The third kappa shape index (κ3) is 4.78. The molecule has 1 heterocycles. The van der Waals surface area contributed by atoms with Crippen LogP contribution in [0.2, 0.25) is 0 Å². The van der Waals surface area contributed by atoms with Gasteiger partial charge in [-0.25, -0.2) is 0 Å². The molecule has 0 aromatic heterocycles. The molecule has 0 bridgehead atoms. The quantitative estimate of drug-likeness (QED) is 0.784. The maximum Gasteiger partial charge on any atom is 0.225 e. The van der Waals surface area contributed by atoms with Gasteiger partial charge in [-0.1, -0.05) is 30.3 Å². The number of β-amino-alcohol motifs (C(OH)–C–C–N with tert-alkyl or cyclic N) is 1. The first-order valence-electron chi connectivity index (χ1n) is 9.05. The molecule has 1 atom stereocenters. The summed E-state index contributed by atoms with van der Waals surface area (Å²) in [4.78, 5) is 14.4. The number of rotatable bonds is 7. The third-order valence-corrected chi connectivity index (χ3v) is 4.93. The van der Waals surface area contributed by atoms with Gasteiger partial charge in [0.2, 0.25) is 5.91 Å². The number of ether oxygens (including phenoxy) is 2. The van der Waals surface area contributed by atoms with Crippen molar-refractivity contribution in [2.45, 2.75) is 18.4 Å². The number of carbonyl (C=O) groups excluding carboxylic acids is 1. The van der Waals surface area contributed by atoms with Crippen molar-refractivity contribution in [2.24, 2.45) is 0 Å². The van der Waals surface area contributed by atoms with Crippen molar-refractivity contribution >= 4 is 11.6 Å². The van der Waals surface area contributed by atoms with Crippen LogP contribution in [0.15, 0.2) is 48.5 Å². The number of hydrogen-bond acceptors (Lipinski definition) is 5. The molecular formula is C21H26N2O4. The SMILES string of the molecule is COc1cc(NC(=O)CCN2CC[C@@](O)(c3ccccc3)C2)cc(OC)c1. The van der Waals surface area contributed by atoms with Crippen LogP contribution in [0.4, 0.5) is 5.69 Å². The highest BCUT2D eigenvalue weighted by atomic mass is 16.5. The van der Waals surface area contributed by atoms with Gasteiger partial charge in [-0.05, 0) is 12.0 Å². The number of likely N-dealkylation sites (tertiary alicyclic amines) is 1. The van der Waals surface area contributed by atoms with E-state index in [4.69, 9.17) is 9.47 Å². The number of carbonyl (C=O) groups is 1. The Balaban J connectivity index is 1.53. The van der Waals surface area contributed by atoms with Crippen molar-refractivity contribution in [2.75, 3.05) is 39.2 Å². The summed E-state index contributed by atoms with van der Waals surface area (Å²) in [6.45, 7) is 1.91. The Morgan fingerprint density at radius 1 is 1.15 bits per heavy atom. The lowest BCUT2D eigenvalue weighted by Crippen LogP contribution is -2.32. The summed E-state index contributed by atoms with van der Waals surface area (Å²) in [5.74, 6) is 1.16. The van der Waals surface area contributed by atoms with E-state index in [2.05, 4.69) is 10.2 Å². The van der Waals surface area contributed by atoms with Gasteiger partial charge in [-0.2, -0.15) is 0 Å². The standard InChI is InChI=1S/C21H26N2O4/c1-26-18-12-17(13-19(14-18)27-2)22-20(24)8-10-23-11-9-21(25,15-23)16-6-4-3-5-7-16/h3-7,12-14,25H,8-11,15H2,1-2H3,(H,22,24)/t21-/m0/s1. The smallest absolute Gasteiger partial charge is 0.225 e. The van der Waals surface area contributed by atoms with E-state index in [-0.39, 0.29) is 5.91 Å². The average molecular weight is 370 g/mol. The topological polar surface area (TPSA) is 71.0 Å². The fourth-order valence-corrected chi connectivity index (χ4v) is 3.41. The predicted molar refractivity (Wildman–Crippen MR) is 104 cm³/mol. The molecule has 0 saturated carbocycles. The van der Waals surface area contributed by atoms with E-state index >= 15 is 0 Å². The molecule has 6 nitrogen and oxygen atoms in total. The normalized spacial score (nSPS) is 19.7. The number of nitrogens with zero attached hydrogens (tertiary/aromatic N) is 1. The van der Waals surface area contributed by atoms with Gasteiger partial charge in [-0.15, -0.1) is 0 Å². The van der Waals surface area contributed by atoms with Crippen molar-refractivity contribution < 1.29 is 19.4 Å². The molecule has 0 unspecified atom stereocenters. The number of hydrogen-bond donors (Lipinski definition) is 2. The van der Waals surface area contributed by atoms with Crippen LogP contribution in [-0.4, -0.2) is 49.8 Å². The van der Waals surface area contributed by atoms with E-state index < -0.39 is 5.60 Å². The van der Waals surface area contributed by atoms with Crippen LogP contribution in [0.25, 0.3) is 0 Å². The van der Waals surface area contributed by atoms with Gasteiger partial charge in [0.15, 0.2) is 0 Å². The lowest BCUT2D eigenvalue weighted by Gasteiger charge is -2.24. The minimum Gasteiger partial charge on any atom is -0.497 e. The molecule has 6 heteroatoms. The van der Waals surface area contributed by atoms with Gasteiger partial charge in [0.1, 0.15) is 17.1 Å². The summed E-state index contributed by atoms with van der Waals surface area (Å²) in [5.41, 5.74) is 0.733. The number of methoxy groups -OCH3 is 2. The van der Waals surface area contributed by atoms with Crippen LogP contribution < -0.4 is 14.8 Å². The van der Waals surface area contributed by atoms with E-state index in [0.717, 1.165) is 12.1 Å². The zero-order valence-electron chi connectivity index (χ0n) is 15.8. The van der Waals surface area contributed by atoms with Crippen LogP contribution in [0.5, 0.6) is 11.5 Å². The number of amides is 1. The summed E-state index contributed by atoms with van der Waals surface area (Å²) in [6, 6.07) is 15.0. The summed E-state index contributed by atoms with van der Waals surface area (Å²) < 4.78 is 10.4. The molecule has 2 aromatic rings. The minimum atomic E-state index is -0.835. The second-order valence-corrected chi connectivity index (χ2v) is 6.82. The van der Waals surface area contributed by atoms with E-state index in [1.165, 1.54) is 0 Å². The molecule has 0 radical (unpaired) electrons. The van der Waals surface area contributed by atoms with Crippen molar-refractivity contribution in [3.05, 3.63) is 54.1 Å². The second kappa shape index (κ2) is 8.41. The van der Waals surface area contributed by atoms with Gasteiger partial charge in [0.25, 0.3) is 0 Å². The fraction of sp³-hybridized carbons (Fsp3) is 0.381. The highest BCUT2D eigenvalue weighted by molar-refractivity contribution is 5.91. The van der Waals surface area contributed by atoms with E-state index in [1.807, 2.05) is 30.3 Å². The molecular weight excluding hydrogens is 344 g/mol. The molecule has 144 valence electrons. The number of anilines is 1. The van der Waals surface area contributed by atoms with E-state index in [9.17, 15) is 9.90 Å². The molecule has 1 amide bonds. The molecule has 1 aliphatic rings. The van der Waals surface area contributed by atoms with Crippen molar-refractivity contribution in [1.82, 2.24) is 4.90 Å². The van der Waals surface area contributed by atoms with Gasteiger partial charge in [-0.3, -0.25) is 9.69 Å². The van der Waals surface area contributed by atoms with Gasteiger partial charge < -0.3 is 19.9 Å². The first-order valence-corrected chi connectivity index (χ1v) is 9.05. The van der Waals surface area contributed by atoms with Crippen molar-refractivity contribution in [3.63, 3.8) is 0 Å². The summed E-state index contributed by atoms with van der Waals surface area (Å²) in [5, 5.41) is 13.8. The molecule has 2 N–H and O–H groups in total. The number of aliphatic hydroxyl groups is 1. The Morgan fingerprint density at radius 3 is 2.44 bits per heavy atom. The highest BCUT2D eigenvalue weighted by Crippen LogP contribution is 2.31. The van der Waals surface area contributed by atoms with Gasteiger partial charge in [0.05, 0.1) is 14.2 Å². The Kier molecular flexibility index (Phi) is 5.98.